The Bertz CT molecular complexity index is 533. The Morgan fingerprint density at radius 3 is 2.56 bits per heavy atom. The van der Waals surface area contributed by atoms with Gasteiger partial charge in [0.2, 0.25) is 5.78 Å². The second kappa shape index (κ2) is 6.13. The van der Waals surface area contributed by atoms with Crippen LogP contribution in [0.15, 0.2) is 40.2 Å². The smallest absolute Gasteiger partial charge is 0.211 e. The van der Waals surface area contributed by atoms with Crippen LogP contribution in [0.25, 0.3) is 0 Å². The van der Waals surface area contributed by atoms with Crippen LogP contribution in [-0.2, 0) is 6.61 Å². The lowest BCUT2D eigenvalue weighted by atomic mass is 10.2. The molecule has 1 aromatic heterocycles. The van der Waals surface area contributed by atoms with Crippen molar-refractivity contribution in [1.82, 2.24) is 0 Å². The van der Waals surface area contributed by atoms with Gasteiger partial charge in [0, 0.05) is 4.47 Å². The molecule has 18 heavy (non-hydrogen) atoms. The van der Waals surface area contributed by atoms with Gasteiger partial charge in [-0.15, -0.1) is 11.3 Å². The Morgan fingerprint density at radius 2 is 2.00 bits per heavy atom. The monoisotopic (exact) mass is 326 g/mol. The molecule has 0 unspecified atom stereocenters. The molecule has 0 saturated heterocycles. The number of hydrogen-bond acceptors (Lipinski definition) is 4. The molecular weight excluding hydrogens is 316 g/mol. The van der Waals surface area contributed by atoms with Gasteiger partial charge < -0.3 is 9.84 Å². The number of benzene rings is 1. The van der Waals surface area contributed by atoms with E-state index in [2.05, 4.69) is 15.9 Å². The molecule has 3 nitrogen and oxygen atoms in total. The van der Waals surface area contributed by atoms with Crippen LogP contribution >= 0.6 is 27.3 Å². The first-order valence-corrected chi connectivity index (χ1v) is 6.97. The van der Waals surface area contributed by atoms with E-state index in [1.807, 2.05) is 11.4 Å². The lowest BCUT2D eigenvalue weighted by Gasteiger charge is -2.05. The Labute approximate surface area is 117 Å². The average molecular weight is 327 g/mol. The van der Waals surface area contributed by atoms with Crippen LogP contribution in [0.2, 0.25) is 0 Å². The number of thiophene rings is 1. The standard InChI is InChI=1S/C13H11BrO3S/c14-11-5-6-18-13(11)12(16)8-17-10-3-1-9(7-15)2-4-10/h1-6,15H,7-8H2. The molecule has 0 spiro atoms. The molecular formula is C13H11BrO3S. The highest BCUT2D eigenvalue weighted by Crippen LogP contribution is 2.23. The number of carbonyl (C=O) groups is 1. The van der Waals surface area contributed by atoms with Crippen molar-refractivity contribution < 1.29 is 14.6 Å². The van der Waals surface area contributed by atoms with Crippen LogP contribution in [0.1, 0.15) is 15.2 Å². The van der Waals surface area contributed by atoms with Crippen molar-refractivity contribution in [2.45, 2.75) is 6.61 Å². The third-order valence-corrected chi connectivity index (χ3v) is 4.23. The first-order valence-electron chi connectivity index (χ1n) is 5.29. The molecule has 0 saturated carbocycles. The molecule has 2 rings (SSSR count). The van der Waals surface area contributed by atoms with Crippen LogP contribution < -0.4 is 4.74 Å². The summed E-state index contributed by atoms with van der Waals surface area (Å²) in [5, 5.41) is 10.8. The molecule has 0 fully saturated rings. The minimum atomic E-state index is -0.0527. The van der Waals surface area contributed by atoms with E-state index in [9.17, 15) is 4.79 Å². The van der Waals surface area contributed by atoms with Gasteiger partial charge in [-0.1, -0.05) is 12.1 Å². The molecule has 5 heteroatoms. The van der Waals surface area contributed by atoms with Crippen LogP contribution in [0.3, 0.4) is 0 Å². The maximum Gasteiger partial charge on any atom is 0.211 e. The summed E-state index contributed by atoms with van der Waals surface area (Å²) in [5.74, 6) is 0.566. The van der Waals surface area contributed by atoms with Crippen molar-refractivity contribution >= 4 is 33.0 Å². The molecule has 0 aliphatic rings. The van der Waals surface area contributed by atoms with Gasteiger partial charge in [0.05, 0.1) is 11.5 Å². The van der Waals surface area contributed by atoms with Gasteiger partial charge in [0.15, 0.2) is 6.61 Å². The lowest BCUT2D eigenvalue weighted by molar-refractivity contribution is 0.0925. The minimum Gasteiger partial charge on any atom is -0.485 e. The molecule has 0 atom stereocenters. The summed E-state index contributed by atoms with van der Waals surface area (Å²) in [4.78, 5) is 12.5. The fraction of sp³-hybridized carbons (Fsp3) is 0.154. The highest BCUT2D eigenvalue weighted by molar-refractivity contribution is 9.10. The molecule has 0 bridgehead atoms. The molecule has 1 N–H and O–H groups in total. The first-order chi connectivity index (χ1) is 8.70. The fourth-order valence-electron chi connectivity index (χ4n) is 1.40. The number of ether oxygens (including phenoxy) is 1. The zero-order valence-corrected chi connectivity index (χ0v) is 11.8. The quantitative estimate of drug-likeness (QED) is 0.858. The zero-order valence-electron chi connectivity index (χ0n) is 9.43. The number of hydrogen-bond donors (Lipinski definition) is 1. The highest BCUT2D eigenvalue weighted by atomic mass is 79.9. The molecule has 0 amide bonds. The second-order valence-corrected chi connectivity index (χ2v) is 5.38. The van der Waals surface area contributed by atoms with Gasteiger partial charge in [0.1, 0.15) is 5.75 Å². The Morgan fingerprint density at radius 1 is 1.28 bits per heavy atom. The SMILES string of the molecule is O=C(COc1ccc(CO)cc1)c1sccc1Br. The molecule has 0 aliphatic carbocycles. The van der Waals surface area contributed by atoms with Crippen molar-refractivity contribution in [3.05, 3.63) is 50.6 Å². The van der Waals surface area contributed by atoms with Crippen LogP contribution in [0.5, 0.6) is 5.75 Å². The van der Waals surface area contributed by atoms with E-state index < -0.39 is 0 Å². The molecule has 1 aromatic carbocycles. The van der Waals surface area contributed by atoms with E-state index in [-0.39, 0.29) is 19.0 Å². The second-order valence-electron chi connectivity index (χ2n) is 3.61. The Hall–Kier alpha value is -1.17. The number of carbonyl (C=O) groups excluding carboxylic acids is 1. The predicted molar refractivity (Wildman–Crippen MR) is 74.2 cm³/mol. The molecule has 94 valence electrons. The van der Waals surface area contributed by atoms with E-state index >= 15 is 0 Å². The first kappa shape index (κ1) is 13.3. The van der Waals surface area contributed by atoms with Crippen molar-refractivity contribution in [2.75, 3.05) is 6.61 Å². The summed E-state index contributed by atoms with van der Waals surface area (Å²) in [7, 11) is 0. The van der Waals surface area contributed by atoms with Crippen LogP contribution in [0, 0.1) is 0 Å². The van der Waals surface area contributed by atoms with E-state index in [1.165, 1.54) is 11.3 Å². The molecule has 0 radical (unpaired) electrons. The maximum atomic E-state index is 11.8. The number of aliphatic hydroxyl groups is 1. The van der Waals surface area contributed by atoms with Gasteiger partial charge in [-0.25, -0.2) is 0 Å². The number of ketones is 1. The zero-order chi connectivity index (χ0) is 13.0. The summed E-state index contributed by atoms with van der Waals surface area (Å²) < 4.78 is 6.20. The van der Waals surface area contributed by atoms with Gasteiger partial charge in [-0.05, 0) is 45.1 Å². The van der Waals surface area contributed by atoms with Crippen LogP contribution in [0.4, 0.5) is 0 Å². The minimum absolute atomic E-state index is 0.00134. The van der Waals surface area contributed by atoms with E-state index in [4.69, 9.17) is 9.84 Å². The van der Waals surface area contributed by atoms with Gasteiger partial charge in [-0.2, -0.15) is 0 Å². The summed E-state index contributed by atoms with van der Waals surface area (Å²) in [5.41, 5.74) is 0.815. The summed E-state index contributed by atoms with van der Waals surface area (Å²) >= 11 is 4.71. The number of aliphatic hydroxyl groups excluding tert-OH is 1. The Kier molecular flexibility index (Phi) is 4.52. The number of halogens is 1. The van der Waals surface area contributed by atoms with Gasteiger partial charge in [0.25, 0.3) is 0 Å². The Balaban J connectivity index is 1.95. The maximum absolute atomic E-state index is 11.8. The largest absolute Gasteiger partial charge is 0.485 e. The number of Topliss-reactive ketones (excluding diaryl/α,β-unsaturated/α-hetero) is 1. The number of rotatable bonds is 5. The predicted octanol–water partition coefficient (Wildman–Crippen LogP) is 3.26. The van der Waals surface area contributed by atoms with E-state index in [1.54, 1.807) is 24.3 Å². The third kappa shape index (κ3) is 3.19. The van der Waals surface area contributed by atoms with Crippen molar-refractivity contribution in [3.8, 4) is 5.75 Å². The van der Waals surface area contributed by atoms with Crippen molar-refractivity contribution in [1.29, 1.82) is 0 Å². The van der Waals surface area contributed by atoms with Gasteiger partial charge >= 0.3 is 0 Å². The molecule has 2 aromatic rings. The lowest BCUT2D eigenvalue weighted by Crippen LogP contribution is -2.10. The third-order valence-electron chi connectivity index (χ3n) is 2.35. The van der Waals surface area contributed by atoms with Crippen LogP contribution in [-0.4, -0.2) is 17.5 Å². The molecule has 1 heterocycles. The summed E-state index contributed by atoms with van der Waals surface area (Å²) in [6.45, 7) is 0.0128. The highest BCUT2D eigenvalue weighted by Gasteiger charge is 2.12. The van der Waals surface area contributed by atoms with E-state index in [0.717, 1.165) is 10.0 Å². The summed E-state index contributed by atoms with van der Waals surface area (Å²) in [6.07, 6.45) is 0. The fourth-order valence-corrected chi connectivity index (χ4v) is 2.92. The normalized spacial score (nSPS) is 10.3. The van der Waals surface area contributed by atoms with Gasteiger partial charge in [-0.3, -0.25) is 4.79 Å². The summed E-state index contributed by atoms with van der Waals surface area (Å²) in [6, 6.07) is 8.85. The average Bonchev–Trinajstić information content (AvgIpc) is 2.83. The van der Waals surface area contributed by atoms with E-state index in [0.29, 0.717) is 10.6 Å². The topological polar surface area (TPSA) is 46.5 Å². The van der Waals surface area contributed by atoms with Crippen molar-refractivity contribution in [2.24, 2.45) is 0 Å². The van der Waals surface area contributed by atoms with Crippen molar-refractivity contribution in [3.63, 3.8) is 0 Å². The molecule has 0 aliphatic heterocycles.